The Labute approximate surface area is 109 Å². The first kappa shape index (κ1) is 11.7. The molecule has 2 nitrogen and oxygen atoms in total. The van der Waals surface area contributed by atoms with Crippen molar-refractivity contribution < 1.29 is 0 Å². The molecule has 1 aliphatic heterocycles. The van der Waals surface area contributed by atoms with E-state index in [-0.39, 0.29) is 5.54 Å². The highest BCUT2D eigenvalue weighted by Gasteiger charge is 2.44. The largest absolute Gasteiger partial charge is 0.282 e. The van der Waals surface area contributed by atoms with Gasteiger partial charge in [-0.1, -0.05) is 31.2 Å². The molecule has 0 bridgehead atoms. The fraction of sp³-hybridized carbons (Fsp3) is 0.562. The summed E-state index contributed by atoms with van der Waals surface area (Å²) in [6, 6.07) is 11.2. The maximum Gasteiger partial charge on any atom is 0.135 e. The van der Waals surface area contributed by atoms with E-state index in [9.17, 15) is 5.26 Å². The van der Waals surface area contributed by atoms with E-state index in [0.29, 0.717) is 5.92 Å². The molecule has 2 aliphatic rings. The molecule has 3 rings (SSSR count). The van der Waals surface area contributed by atoms with Crippen LogP contribution in [0.3, 0.4) is 0 Å². The van der Waals surface area contributed by atoms with E-state index in [1.807, 2.05) is 0 Å². The predicted octanol–water partition coefficient (Wildman–Crippen LogP) is 3.40. The first-order chi connectivity index (χ1) is 8.78. The minimum absolute atomic E-state index is 0.348. The van der Waals surface area contributed by atoms with Gasteiger partial charge >= 0.3 is 0 Å². The van der Waals surface area contributed by atoms with Crippen LogP contribution in [0.2, 0.25) is 0 Å². The molecule has 1 heterocycles. The molecule has 94 valence electrons. The zero-order valence-corrected chi connectivity index (χ0v) is 11.0. The van der Waals surface area contributed by atoms with E-state index in [2.05, 4.69) is 42.2 Å². The van der Waals surface area contributed by atoms with Gasteiger partial charge in [-0.05, 0) is 42.7 Å². The van der Waals surface area contributed by atoms with Crippen LogP contribution in [0.15, 0.2) is 24.3 Å². The maximum atomic E-state index is 9.84. The van der Waals surface area contributed by atoms with Crippen LogP contribution >= 0.6 is 0 Å². The number of benzene rings is 1. The Bertz CT molecular complexity index is 482. The zero-order valence-electron chi connectivity index (χ0n) is 11.0. The molecule has 1 aromatic carbocycles. The SMILES string of the molecule is CC1CCC(C#N)(N2CCCC2)c2ccccc21. The van der Waals surface area contributed by atoms with Gasteiger partial charge in [0.2, 0.25) is 0 Å². The smallest absolute Gasteiger partial charge is 0.135 e. The van der Waals surface area contributed by atoms with Crippen molar-refractivity contribution in [3.05, 3.63) is 35.4 Å². The van der Waals surface area contributed by atoms with Crippen molar-refractivity contribution in [2.45, 2.75) is 44.1 Å². The number of hydrogen-bond acceptors (Lipinski definition) is 2. The molecule has 1 saturated heterocycles. The van der Waals surface area contributed by atoms with Gasteiger partial charge in [0.05, 0.1) is 6.07 Å². The van der Waals surface area contributed by atoms with Gasteiger partial charge in [0, 0.05) is 13.1 Å². The van der Waals surface area contributed by atoms with Crippen LogP contribution in [0.4, 0.5) is 0 Å². The second-order valence-electron chi connectivity index (χ2n) is 5.69. The predicted molar refractivity (Wildman–Crippen MR) is 72.2 cm³/mol. The zero-order chi connectivity index (χ0) is 12.6. The van der Waals surface area contributed by atoms with Crippen LogP contribution in [-0.2, 0) is 5.54 Å². The van der Waals surface area contributed by atoms with Gasteiger partial charge in [-0.2, -0.15) is 5.26 Å². The van der Waals surface area contributed by atoms with Crippen molar-refractivity contribution in [2.75, 3.05) is 13.1 Å². The molecule has 0 saturated carbocycles. The van der Waals surface area contributed by atoms with E-state index in [0.717, 1.165) is 25.9 Å². The lowest BCUT2D eigenvalue weighted by atomic mass is 9.72. The van der Waals surface area contributed by atoms with E-state index in [4.69, 9.17) is 0 Å². The van der Waals surface area contributed by atoms with Crippen LogP contribution in [-0.4, -0.2) is 18.0 Å². The van der Waals surface area contributed by atoms with E-state index in [1.165, 1.54) is 24.0 Å². The molecule has 2 atom stereocenters. The topological polar surface area (TPSA) is 27.0 Å². The molecular formula is C16H20N2. The fourth-order valence-electron chi connectivity index (χ4n) is 3.63. The summed E-state index contributed by atoms with van der Waals surface area (Å²) < 4.78 is 0. The monoisotopic (exact) mass is 240 g/mol. The maximum absolute atomic E-state index is 9.84. The summed E-state index contributed by atoms with van der Waals surface area (Å²) in [5.41, 5.74) is 2.31. The average molecular weight is 240 g/mol. The summed E-state index contributed by atoms with van der Waals surface area (Å²) in [5, 5.41) is 9.84. The molecule has 18 heavy (non-hydrogen) atoms. The van der Waals surface area contributed by atoms with Gasteiger partial charge < -0.3 is 0 Å². The van der Waals surface area contributed by atoms with E-state index in [1.54, 1.807) is 0 Å². The van der Waals surface area contributed by atoms with Crippen molar-refractivity contribution in [1.29, 1.82) is 5.26 Å². The minimum Gasteiger partial charge on any atom is -0.282 e. The summed E-state index contributed by atoms with van der Waals surface area (Å²) >= 11 is 0. The number of rotatable bonds is 1. The van der Waals surface area contributed by atoms with E-state index < -0.39 is 0 Å². The van der Waals surface area contributed by atoms with Crippen LogP contribution in [0.5, 0.6) is 0 Å². The molecular weight excluding hydrogens is 220 g/mol. The Hall–Kier alpha value is -1.33. The molecule has 0 aromatic heterocycles. The van der Waals surface area contributed by atoms with E-state index >= 15 is 0 Å². The third kappa shape index (κ3) is 1.58. The van der Waals surface area contributed by atoms with Gasteiger partial charge in [0.25, 0.3) is 0 Å². The standard InChI is InChI=1S/C16H20N2/c1-13-8-9-16(12-17,18-10-4-5-11-18)15-7-3-2-6-14(13)15/h2-3,6-7,13H,4-5,8-11H2,1H3. The highest BCUT2D eigenvalue weighted by molar-refractivity contribution is 5.43. The Morgan fingerprint density at radius 3 is 2.72 bits per heavy atom. The molecule has 0 amide bonds. The summed E-state index contributed by atoms with van der Waals surface area (Å²) in [6.45, 7) is 4.44. The van der Waals surface area contributed by atoms with Gasteiger partial charge in [0.1, 0.15) is 5.54 Å². The number of likely N-dealkylation sites (tertiary alicyclic amines) is 1. The van der Waals surface area contributed by atoms with Crippen molar-refractivity contribution >= 4 is 0 Å². The molecule has 2 heteroatoms. The van der Waals surface area contributed by atoms with Gasteiger partial charge in [-0.25, -0.2) is 0 Å². The summed E-state index contributed by atoms with van der Waals surface area (Å²) in [6.07, 6.45) is 4.59. The highest BCUT2D eigenvalue weighted by Crippen LogP contribution is 2.45. The van der Waals surface area contributed by atoms with Gasteiger partial charge in [0.15, 0.2) is 0 Å². The first-order valence-corrected chi connectivity index (χ1v) is 7.03. The molecule has 0 spiro atoms. The van der Waals surface area contributed by atoms with Crippen molar-refractivity contribution in [2.24, 2.45) is 0 Å². The minimum atomic E-state index is -0.348. The summed E-state index contributed by atoms with van der Waals surface area (Å²) in [4.78, 5) is 2.41. The molecule has 1 fully saturated rings. The first-order valence-electron chi connectivity index (χ1n) is 7.03. The van der Waals surface area contributed by atoms with Crippen LogP contribution in [0.25, 0.3) is 0 Å². The summed E-state index contributed by atoms with van der Waals surface area (Å²) in [7, 11) is 0. The van der Waals surface area contributed by atoms with Crippen molar-refractivity contribution in [3.63, 3.8) is 0 Å². The van der Waals surface area contributed by atoms with Crippen LogP contribution in [0, 0.1) is 11.3 Å². The number of nitrogens with zero attached hydrogens (tertiary/aromatic N) is 2. The number of hydrogen-bond donors (Lipinski definition) is 0. The van der Waals surface area contributed by atoms with Crippen molar-refractivity contribution in [3.8, 4) is 6.07 Å². The fourth-order valence-corrected chi connectivity index (χ4v) is 3.63. The van der Waals surface area contributed by atoms with Crippen LogP contribution < -0.4 is 0 Å². The average Bonchev–Trinajstić information content (AvgIpc) is 2.95. The molecule has 0 radical (unpaired) electrons. The number of nitriles is 1. The summed E-state index contributed by atoms with van der Waals surface area (Å²) in [5.74, 6) is 0.588. The van der Waals surface area contributed by atoms with Gasteiger partial charge in [-0.3, -0.25) is 4.90 Å². The Morgan fingerprint density at radius 2 is 2.00 bits per heavy atom. The van der Waals surface area contributed by atoms with Gasteiger partial charge in [-0.15, -0.1) is 0 Å². The molecule has 1 aromatic rings. The second-order valence-corrected chi connectivity index (χ2v) is 5.69. The molecule has 2 unspecified atom stereocenters. The lowest BCUT2D eigenvalue weighted by molar-refractivity contribution is 0.146. The Balaban J connectivity index is 2.11. The third-order valence-corrected chi connectivity index (χ3v) is 4.71. The molecule has 0 N–H and O–H groups in total. The normalized spacial score (nSPS) is 31.9. The highest BCUT2D eigenvalue weighted by atomic mass is 15.2. The van der Waals surface area contributed by atoms with Crippen molar-refractivity contribution in [1.82, 2.24) is 4.90 Å². The Kier molecular flexibility index (Phi) is 2.87. The lowest BCUT2D eigenvalue weighted by Gasteiger charge is -2.42. The number of fused-ring (bicyclic) bond motifs is 1. The van der Waals surface area contributed by atoms with Crippen LogP contribution in [0.1, 0.15) is 49.7 Å². The quantitative estimate of drug-likeness (QED) is 0.752. The lowest BCUT2D eigenvalue weighted by Crippen LogP contribution is -2.46. The third-order valence-electron chi connectivity index (χ3n) is 4.71. The Morgan fingerprint density at radius 1 is 1.28 bits per heavy atom. The molecule has 1 aliphatic carbocycles. The second kappa shape index (κ2) is 4.40.